The van der Waals surface area contributed by atoms with Gasteiger partial charge in [0, 0.05) is 60.4 Å². The van der Waals surface area contributed by atoms with Crippen molar-refractivity contribution < 1.29 is 13.9 Å². The maximum atomic E-state index is 13.4. The monoisotopic (exact) mass is 407 g/mol. The van der Waals surface area contributed by atoms with E-state index in [0.717, 1.165) is 30.3 Å². The van der Waals surface area contributed by atoms with Gasteiger partial charge in [0.2, 0.25) is 5.91 Å². The smallest absolute Gasteiger partial charge is 0.236 e. The zero-order chi connectivity index (χ0) is 20.6. The van der Waals surface area contributed by atoms with Crippen molar-refractivity contribution in [3.63, 3.8) is 0 Å². The van der Waals surface area contributed by atoms with Gasteiger partial charge in [0.1, 0.15) is 5.82 Å². The van der Waals surface area contributed by atoms with Gasteiger partial charge in [0.05, 0.1) is 6.54 Å². The standard InChI is InChI=1S/C24H26FN3O2/c25-18-7-5-17(6-8-18)24(10-13-30-14-11-24)26-15-23(29)28-12-9-22-20(16-28)19-3-1-2-4-21(19)27-22/h1-8,26-27H,9-16H2. The summed E-state index contributed by atoms with van der Waals surface area (Å²) in [5.74, 6) is -0.154. The van der Waals surface area contributed by atoms with Crippen LogP contribution in [0.4, 0.5) is 4.39 Å². The molecule has 0 radical (unpaired) electrons. The number of nitrogens with zero attached hydrogens (tertiary/aromatic N) is 1. The fourth-order valence-corrected chi connectivity index (χ4v) is 4.79. The third kappa shape index (κ3) is 3.50. The summed E-state index contributed by atoms with van der Waals surface area (Å²) in [5, 5.41) is 4.72. The quantitative estimate of drug-likeness (QED) is 0.696. The molecule has 1 amide bonds. The summed E-state index contributed by atoms with van der Waals surface area (Å²) in [6, 6.07) is 14.9. The normalized spacial score (nSPS) is 18.4. The maximum absolute atomic E-state index is 13.4. The van der Waals surface area contributed by atoms with Gasteiger partial charge in [-0.3, -0.25) is 10.1 Å². The van der Waals surface area contributed by atoms with Crippen LogP contribution in [0.25, 0.3) is 10.9 Å². The lowest BCUT2D eigenvalue weighted by atomic mass is 9.82. The predicted octanol–water partition coefficient (Wildman–Crippen LogP) is 3.49. The first kappa shape index (κ1) is 19.3. The number of H-pyrrole nitrogens is 1. The molecular formula is C24H26FN3O2. The Kier molecular flexibility index (Phi) is 5.05. The molecule has 30 heavy (non-hydrogen) atoms. The van der Waals surface area contributed by atoms with E-state index in [1.165, 1.54) is 28.8 Å². The summed E-state index contributed by atoms with van der Waals surface area (Å²) in [7, 11) is 0. The van der Waals surface area contributed by atoms with Crippen LogP contribution in [0, 0.1) is 5.82 Å². The highest BCUT2D eigenvalue weighted by atomic mass is 19.1. The molecule has 1 fully saturated rings. The number of amides is 1. The average molecular weight is 407 g/mol. The zero-order valence-corrected chi connectivity index (χ0v) is 16.9. The molecule has 2 N–H and O–H groups in total. The molecule has 5 rings (SSSR count). The van der Waals surface area contributed by atoms with E-state index in [-0.39, 0.29) is 23.8 Å². The summed E-state index contributed by atoms with van der Waals surface area (Å²) < 4.78 is 19.0. The van der Waals surface area contributed by atoms with Crippen LogP contribution in [0.15, 0.2) is 48.5 Å². The lowest BCUT2D eigenvalue weighted by Crippen LogP contribution is -2.51. The first-order chi connectivity index (χ1) is 14.6. The lowest BCUT2D eigenvalue weighted by molar-refractivity contribution is -0.131. The fourth-order valence-electron chi connectivity index (χ4n) is 4.79. The van der Waals surface area contributed by atoms with Crippen molar-refractivity contribution in [3.8, 4) is 0 Å². The summed E-state index contributed by atoms with van der Waals surface area (Å²) in [6.07, 6.45) is 2.36. The third-order valence-electron chi connectivity index (χ3n) is 6.56. The number of ether oxygens (including phenoxy) is 1. The Hall–Kier alpha value is -2.70. The number of carbonyl (C=O) groups is 1. The highest BCUT2D eigenvalue weighted by Crippen LogP contribution is 2.32. The highest BCUT2D eigenvalue weighted by Gasteiger charge is 2.35. The molecule has 2 aliphatic rings. The van der Waals surface area contributed by atoms with E-state index in [9.17, 15) is 9.18 Å². The summed E-state index contributed by atoms with van der Waals surface area (Å²) in [5.41, 5.74) is 4.25. The van der Waals surface area contributed by atoms with Crippen molar-refractivity contribution in [3.05, 3.63) is 71.2 Å². The summed E-state index contributed by atoms with van der Waals surface area (Å²) >= 11 is 0. The van der Waals surface area contributed by atoms with E-state index in [0.29, 0.717) is 26.3 Å². The molecular weight excluding hydrogens is 381 g/mol. The van der Waals surface area contributed by atoms with Gasteiger partial charge in [-0.15, -0.1) is 0 Å². The second kappa shape index (κ2) is 7.85. The van der Waals surface area contributed by atoms with Gasteiger partial charge >= 0.3 is 0 Å². The van der Waals surface area contributed by atoms with Crippen LogP contribution in [0.2, 0.25) is 0 Å². The largest absolute Gasteiger partial charge is 0.381 e. The van der Waals surface area contributed by atoms with Crippen molar-refractivity contribution in [2.24, 2.45) is 0 Å². The molecule has 3 heterocycles. The Morgan fingerprint density at radius 1 is 1.13 bits per heavy atom. The van der Waals surface area contributed by atoms with E-state index in [1.807, 2.05) is 29.2 Å². The molecule has 5 nitrogen and oxygen atoms in total. The number of benzene rings is 2. The number of aromatic nitrogens is 1. The Morgan fingerprint density at radius 2 is 1.90 bits per heavy atom. The molecule has 0 spiro atoms. The highest BCUT2D eigenvalue weighted by molar-refractivity contribution is 5.86. The van der Waals surface area contributed by atoms with Crippen molar-refractivity contribution in [2.45, 2.75) is 31.3 Å². The van der Waals surface area contributed by atoms with Crippen molar-refractivity contribution in [2.75, 3.05) is 26.3 Å². The van der Waals surface area contributed by atoms with Crippen LogP contribution in [-0.2, 0) is 28.0 Å². The number of hydrogen-bond acceptors (Lipinski definition) is 3. The number of para-hydroxylation sites is 1. The van der Waals surface area contributed by atoms with Gasteiger partial charge < -0.3 is 14.6 Å². The molecule has 2 aromatic carbocycles. The summed E-state index contributed by atoms with van der Waals surface area (Å²) in [6.45, 7) is 2.86. The average Bonchev–Trinajstić information content (AvgIpc) is 3.16. The molecule has 1 saturated heterocycles. The Balaban J connectivity index is 1.31. The molecule has 0 atom stereocenters. The van der Waals surface area contributed by atoms with Gasteiger partial charge in [0.25, 0.3) is 0 Å². The van der Waals surface area contributed by atoms with E-state index in [1.54, 1.807) is 0 Å². The van der Waals surface area contributed by atoms with E-state index >= 15 is 0 Å². The second-order valence-corrected chi connectivity index (χ2v) is 8.25. The summed E-state index contributed by atoms with van der Waals surface area (Å²) in [4.78, 5) is 18.5. The molecule has 1 aromatic heterocycles. The van der Waals surface area contributed by atoms with E-state index < -0.39 is 0 Å². The van der Waals surface area contributed by atoms with Gasteiger partial charge in [-0.1, -0.05) is 30.3 Å². The maximum Gasteiger partial charge on any atom is 0.236 e. The molecule has 0 aliphatic carbocycles. The number of aromatic amines is 1. The Bertz CT molecular complexity index is 1050. The minimum absolute atomic E-state index is 0.0962. The first-order valence-electron chi connectivity index (χ1n) is 10.6. The number of nitrogens with one attached hydrogen (secondary N) is 2. The first-order valence-corrected chi connectivity index (χ1v) is 10.6. The number of rotatable bonds is 4. The van der Waals surface area contributed by atoms with E-state index in [2.05, 4.69) is 22.4 Å². The van der Waals surface area contributed by atoms with Gasteiger partial charge in [0.15, 0.2) is 0 Å². The molecule has 6 heteroatoms. The number of halogens is 1. The minimum atomic E-state index is -0.358. The zero-order valence-electron chi connectivity index (χ0n) is 16.9. The molecule has 2 aliphatic heterocycles. The lowest BCUT2D eigenvalue weighted by Gasteiger charge is -2.39. The van der Waals surface area contributed by atoms with Crippen molar-refractivity contribution >= 4 is 16.8 Å². The van der Waals surface area contributed by atoms with Crippen molar-refractivity contribution in [1.29, 1.82) is 0 Å². The van der Waals surface area contributed by atoms with Crippen LogP contribution in [-0.4, -0.2) is 42.1 Å². The molecule has 156 valence electrons. The van der Waals surface area contributed by atoms with Crippen LogP contribution >= 0.6 is 0 Å². The predicted molar refractivity (Wildman–Crippen MR) is 114 cm³/mol. The van der Waals surface area contributed by atoms with Crippen molar-refractivity contribution in [1.82, 2.24) is 15.2 Å². The number of fused-ring (bicyclic) bond motifs is 3. The second-order valence-electron chi connectivity index (χ2n) is 8.25. The molecule has 3 aromatic rings. The number of hydrogen-bond donors (Lipinski definition) is 2. The van der Waals surface area contributed by atoms with E-state index in [4.69, 9.17) is 4.74 Å². The number of carbonyl (C=O) groups excluding carboxylic acids is 1. The Morgan fingerprint density at radius 3 is 2.70 bits per heavy atom. The molecule has 0 unspecified atom stereocenters. The van der Waals surface area contributed by atoms with Gasteiger partial charge in [-0.2, -0.15) is 0 Å². The minimum Gasteiger partial charge on any atom is -0.381 e. The van der Waals surface area contributed by atoms with Crippen LogP contribution in [0.1, 0.15) is 29.7 Å². The molecule has 0 saturated carbocycles. The third-order valence-corrected chi connectivity index (χ3v) is 6.56. The fraction of sp³-hybridized carbons (Fsp3) is 0.375. The topological polar surface area (TPSA) is 57.4 Å². The SMILES string of the molecule is O=C(CNC1(c2ccc(F)cc2)CCOCC1)N1CCc2[nH]c3ccccc3c2C1. The van der Waals surface area contributed by atoms with Crippen LogP contribution in [0.5, 0.6) is 0 Å². The molecule has 0 bridgehead atoms. The van der Waals surface area contributed by atoms with Crippen LogP contribution in [0.3, 0.4) is 0 Å². The van der Waals surface area contributed by atoms with Gasteiger partial charge in [-0.25, -0.2) is 4.39 Å². The Labute approximate surface area is 175 Å². The van der Waals surface area contributed by atoms with Crippen LogP contribution < -0.4 is 5.32 Å². The van der Waals surface area contributed by atoms with Gasteiger partial charge in [-0.05, 0) is 36.6 Å².